The van der Waals surface area contributed by atoms with Gasteiger partial charge in [0.2, 0.25) is 0 Å². The van der Waals surface area contributed by atoms with Crippen molar-refractivity contribution in [2.24, 2.45) is 11.7 Å². The van der Waals surface area contributed by atoms with Crippen molar-refractivity contribution in [1.82, 2.24) is 5.32 Å². The normalized spacial score (nSPS) is 18.8. The van der Waals surface area contributed by atoms with Crippen LogP contribution in [0.25, 0.3) is 0 Å². The Labute approximate surface area is 159 Å². The molecule has 1 amide bonds. The van der Waals surface area contributed by atoms with Gasteiger partial charge in [0.25, 0.3) is 5.91 Å². The first-order valence-electron chi connectivity index (χ1n) is 8.64. The van der Waals surface area contributed by atoms with Crippen molar-refractivity contribution in [2.75, 3.05) is 6.54 Å². The van der Waals surface area contributed by atoms with Gasteiger partial charge in [-0.05, 0) is 55.1 Å². The van der Waals surface area contributed by atoms with Gasteiger partial charge in [0, 0.05) is 6.04 Å². The second-order valence-electron chi connectivity index (χ2n) is 6.42. The molecule has 0 bridgehead atoms. The Morgan fingerprint density at radius 2 is 1.88 bits per heavy atom. The molecule has 0 spiro atoms. The molecule has 2 aromatic rings. The molecule has 1 saturated carbocycles. The zero-order valence-electron chi connectivity index (χ0n) is 14.5. The fourth-order valence-corrected chi connectivity index (χ4v) is 3.28. The highest BCUT2D eigenvalue weighted by atomic mass is 35.5. The topological polar surface area (TPSA) is 64.3 Å². The summed E-state index contributed by atoms with van der Waals surface area (Å²) in [5.41, 5.74) is 7.14. The molecule has 3 N–H and O–H groups in total. The van der Waals surface area contributed by atoms with Gasteiger partial charge in [-0.25, -0.2) is 4.39 Å². The van der Waals surface area contributed by atoms with Crippen molar-refractivity contribution in [3.8, 4) is 5.75 Å². The van der Waals surface area contributed by atoms with E-state index in [2.05, 4.69) is 5.32 Å². The molecule has 140 valence electrons. The summed E-state index contributed by atoms with van der Waals surface area (Å²) in [5, 5.41) is 3.09. The molecule has 0 saturated heterocycles. The third-order valence-corrected chi connectivity index (χ3v) is 4.72. The van der Waals surface area contributed by atoms with E-state index in [1.54, 1.807) is 24.3 Å². The van der Waals surface area contributed by atoms with E-state index in [9.17, 15) is 9.18 Å². The van der Waals surface area contributed by atoms with Crippen molar-refractivity contribution < 1.29 is 13.9 Å². The van der Waals surface area contributed by atoms with Gasteiger partial charge >= 0.3 is 0 Å². The first-order chi connectivity index (χ1) is 12.2. The minimum absolute atomic E-state index is 0. The van der Waals surface area contributed by atoms with Crippen LogP contribution >= 0.6 is 12.4 Å². The summed E-state index contributed by atoms with van der Waals surface area (Å²) >= 11 is 0. The van der Waals surface area contributed by atoms with Gasteiger partial charge < -0.3 is 15.8 Å². The van der Waals surface area contributed by atoms with Crippen molar-refractivity contribution in [3.63, 3.8) is 0 Å². The van der Waals surface area contributed by atoms with Gasteiger partial charge in [0.15, 0.2) is 0 Å². The zero-order valence-corrected chi connectivity index (χ0v) is 15.3. The molecule has 0 heterocycles. The second-order valence-corrected chi connectivity index (χ2v) is 6.42. The van der Waals surface area contributed by atoms with E-state index in [1.807, 2.05) is 12.1 Å². The molecule has 1 aliphatic carbocycles. The number of nitrogens with two attached hydrogens (primary N) is 1. The van der Waals surface area contributed by atoms with Crippen molar-refractivity contribution in [1.29, 1.82) is 0 Å². The standard InChI is InChI=1S/C20H23FN2O2.ClH/c21-16-10-8-14(9-11-16)13-25-19-7-2-1-5-17(19)20(24)23-18-6-3-4-15(18)12-22;/h1-2,5,7-11,15,18H,3-4,6,12-13,22H2,(H,23,24);1H. The van der Waals surface area contributed by atoms with Gasteiger partial charge in [-0.2, -0.15) is 0 Å². The highest BCUT2D eigenvalue weighted by Gasteiger charge is 2.28. The zero-order chi connectivity index (χ0) is 17.6. The number of ether oxygens (including phenoxy) is 1. The number of carbonyl (C=O) groups excluding carboxylic acids is 1. The van der Waals surface area contributed by atoms with Crippen molar-refractivity contribution in [2.45, 2.75) is 31.9 Å². The molecule has 2 atom stereocenters. The molecule has 0 radical (unpaired) electrons. The number of benzene rings is 2. The predicted octanol–water partition coefficient (Wildman–Crippen LogP) is 3.68. The maximum Gasteiger partial charge on any atom is 0.255 e. The van der Waals surface area contributed by atoms with Crippen LogP contribution in [0.2, 0.25) is 0 Å². The molecule has 1 aliphatic rings. The summed E-state index contributed by atoms with van der Waals surface area (Å²) in [7, 11) is 0. The first kappa shape index (κ1) is 20.2. The Morgan fingerprint density at radius 3 is 2.62 bits per heavy atom. The number of para-hydroxylation sites is 1. The smallest absolute Gasteiger partial charge is 0.255 e. The lowest BCUT2D eigenvalue weighted by molar-refractivity contribution is 0.0924. The van der Waals surface area contributed by atoms with E-state index in [-0.39, 0.29) is 36.8 Å². The Bertz CT molecular complexity index is 724. The van der Waals surface area contributed by atoms with Gasteiger partial charge in [-0.3, -0.25) is 4.79 Å². The number of nitrogens with one attached hydrogen (secondary N) is 1. The fourth-order valence-electron chi connectivity index (χ4n) is 3.28. The lowest BCUT2D eigenvalue weighted by Gasteiger charge is -2.20. The third-order valence-electron chi connectivity index (χ3n) is 4.72. The van der Waals surface area contributed by atoms with Gasteiger partial charge in [0.1, 0.15) is 18.2 Å². The average molecular weight is 379 g/mol. The van der Waals surface area contributed by atoms with E-state index < -0.39 is 0 Å². The number of amides is 1. The van der Waals surface area contributed by atoms with Crippen molar-refractivity contribution >= 4 is 18.3 Å². The van der Waals surface area contributed by atoms with Crippen LogP contribution in [-0.2, 0) is 6.61 Å². The predicted molar refractivity (Wildman–Crippen MR) is 102 cm³/mol. The van der Waals surface area contributed by atoms with E-state index in [4.69, 9.17) is 10.5 Å². The molecular formula is C20H24ClFN2O2. The lowest BCUT2D eigenvalue weighted by atomic mass is 10.0. The number of halogens is 2. The molecule has 0 aliphatic heterocycles. The Kier molecular flexibility index (Phi) is 7.42. The van der Waals surface area contributed by atoms with Crippen LogP contribution in [0.4, 0.5) is 4.39 Å². The minimum Gasteiger partial charge on any atom is -0.488 e. The summed E-state index contributed by atoms with van der Waals surface area (Å²) in [5.74, 6) is 0.442. The van der Waals surface area contributed by atoms with Crippen LogP contribution in [0.1, 0.15) is 35.2 Å². The van der Waals surface area contributed by atoms with Crippen LogP contribution in [0.3, 0.4) is 0 Å². The summed E-state index contributed by atoms with van der Waals surface area (Å²) in [4.78, 5) is 12.7. The fraction of sp³-hybridized carbons (Fsp3) is 0.350. The monoisotopic (exact) mass is 378 g/mol. The van der Waals surface area contributed by atoms with E-state index in [0.29, 0.717) is 23.8 Å². The van der Waals surface area contributed by atoms with E-state index >= 15 is 0 Å². The lowest BCUT2D eigenvalue weighted by Crippen LogP contribution is -2.40. The molecule has 26 heavy (non-hydrogen) atoms. The van der Waals surface area contributed by atoms with Crippen LogP contribution in [0, 0.1) is 11.7 Å². The third kappa shape index (κ3) is 4.96. The molecule has 2 aromatic carbocycles. The minimum atomic E-state index is -0.283. The summed E-state index contributed by atoms with van der Waals surface area (Å²) in [6.45, 7) is 0.868. The molecule has 1 fully saturated rings. The largest absolute Gasteiger partial charge is 0.488 e. The molecule has 2 unspecified atom stereocenters. The molecule has 6 heteroatoms. The van der Waals surface area contributed by atoms with Gasteiger partial charge in [0.05, 0.1) is 5.56 Å². The highest BCUT2D eigenvalue weighted by Crippen LogP contribution is 2.26. The van der Waals surface area contributed by atoms with Crippen LogP contribution < -0.4 is 15.8 Å². The SMILES string of the molecule is Cl.NCC1CCCC1NC(=O)c1ccccc1OCc1ccc(F)cc1. The molecule has 4 nitrogen and oxygen atoms in total. The quantitative estimate of drug-likeness (QED) is 0.805. The molecule has 3 rings (SSSR count). The van der Waals surface area contributed by atoms with Crippen LogP contribution in [0.5, 0.6) is 5.75 Å². The number of hydrogen-bond acceptors (Lipinski definition) is 3. The van der Waals surface area contributed by atoms with Crippen LogP contribution in [-0.4, -0.2) is 18.5 Å². The maximum atomic E-state index is 13.0. The number of hydrogen-bond donors (Lipinski definition) is 2. The number of carbonyl (C=O) groups is 1. The number of rotatable bonds is 6. The molecular weight excluding hydrogens is 355 g/mol. The van der Waals surface area contributed by atoms with E-state index in [0.717, 1.165) is 24.8 Å². The van der Waals surface area contributed by atoms with Gasteiger partial charge in [-0.15, -0.1) is 12.4 Å². The Morgan fingerprint density at radius 1 is 1.15 bits per heavy atom. The maximum absolute atomic E-state index is 13.0. The van der Waals surface area contributed by atoms with Gasteiger partial charge in [-0.1, -0.05) is 30.7 Å². The summed E-state index contributed by atoms with van der Waals surface area (Å²) in [6, 6.07) is 13.4. The Hall–Kier alpha value is -2.11. The van der Waals surface area contributed by atoms with Crippen molar-refractivity contribution in [3.05, 3.63) is 65.5 Å². The summed E-state index contributed by atoms with van der Waals surface area (Å²) < 4.78 is 18.8. The first-order valence-corrected chi connectivity index (χ1v) is 8.64. The highest BCUT2D eigenvalue weighted by molar-refractivity contribution is 5.97. The summed E-state index contributed by atoms with van der Waals surface area (Å²) in [6.07, 6.45) is 3.12. The van der Waals surface area contributed by atoms with E-state index in [1.165, 1.54) is 12.1 Å². The second kappa shape index (κ2) is 9.55. The molecule has 0 aromatic heterocycles. The Balaban J connectivity index is 0.00000243. The average Bonchev–Trinajstić information content (AvgIpc) is 3.08. The van der Waals surface area contributed by atoms with Crippen LogP contribution in [0.15, 0.2) is 48.5 Å².